The monoisotopic (exact) mass is 280 g/mol. The Labute approximate surface area is 121 Å². The molecule has 0 aromatic rings. The van der Waals surface area contributed by atoms with E-state index in [0.717, 1.165) is 12.8 Å². The second kappa shape index (κ2) is 13.3. The maximum Gasteiger partial charge on any atom is 0.337 e. The minimum atomic E-state index is -0.355. The molecular weight excluding hydrogens is 256 g/mol. The van der Waals surface area contributed by atoms with Crippen molar-refractivity contribution in [1.82, 2.24) is 0 Å². The lowest BCUT2D eigenvalue weighted by Gasteiger charge is -2.02. The summed E-state index contributed by atoms with van der Waals surface area (Å²) in [5.74, 6) is -0.702. The van der Waals surface area contributed by atoms with Crippen molar-refractivity contribution in [2.75, 3.05) is 13.7 Å². The molecule has 0 fully saturated rings. The van der Waals surface area contributed by atoms with Crippen LogP contribution < -0.4 is 0 Å². The first-order chi connectivity index (χ1) is 9.40. The SMILES string of the molecule is C=C(C)C(=O)OC.C=CC=CC(=C)C(=O)OCCCC. The van der Waals surface area contributed by atoms with Gasteiger partial charge in [-0.3, -0.25) is 0 Å². The largest absolute Gasteiger partial charge is 0.466 e. The molecule has 0 aliphatic heterocycles. The Morgan fingerprint density at radius 2 is 1.80 bits per heavy atom. The van der Waals surface area contributed by atoms with Crippen LogP contribution in [-0.2, 0) is 19.1 Å². The molecule has 0 heterocycles. The first-order valence-corrected chi connectivity index (χ1v) is 6.29. The lowest BCUT2D eigenvalue weighted by molar-refractivity contribution is -0.138. The Bertz CT molecular complexity index is 378. The summed E-state index contributed by atoms with van der Waals surface area (Å²) in [6.07, 6.45) is 6.74. The van der Waals surface area contributed by atoms with E-state index in [1.165, 1.54) is 7.11 Å². The van der Waals surface area contributed by atoms with Crippen LogP contribution in [0, 0.1) is 0 Å². The minimum absolute atomic E-state index is 0.347. The van der Waals surface area contributed by atoms with E-state index in [1.54, 1.807) is 25.2 Å². The van der Waals surface area contributed by atoms with Crippen molar-refractivity contribution in [3.63, 3.8) is 0 Å². The second-order valence-electron chi connectivity index (χ2n) is 3.88. The standard InChI is InChI=1S/C11H16O2.C5H8O2/c1-4-6-8-10(3)11(12)13-9-7-5-2;1-4(2)5(6)7-3/h4,6,8H,1,3,5,7,9H2,2H3;1H2,2-3H3. The zero-order valence-electron chi connectivity index (χ0n) is 12.6. The van der Waals surface area contributed by atoms with Crippen LogP contribution in [0.5, 0.6) is 0 Å². The Morgan fingerprint density at radius 1 is 1.20 bits per heavy atom. The highest BCUT2D eigenvalue weighted by Gasteiger charge is 2.03. The highest BCUT2D eigenvalue weighted by atomic mass is 16.5. The van der Waals surface area contributed by atoms with Gasteiger partial charge in [0.25, 0.3) is 0 Å². The molecule has 0 radical (unpaired) electrons. The summed E-state index contributed by atoms with van der Waals surface area (Å²) >= 11 is 0. The van der Waals surface area contributed by atoms with Gasteiger partial charge in [0.2, 0.25) is 0 Å². The van der Waals surface area contributed by atoms with Gasteiger partial charge in [-0.25, -0.2) is 9.59 Å². The topological polar surface area (TPSA) is 52.6 Å². The fraction of sp³-hybridized carbons (Fsp3) is 0.375. The summed E-state index contributed by atoms with van der Waals surface area (Å²) in [4.78, 5) is 21.3. The summed E-state index contributed by atoms with van der Waals surface area (Å²) in [6.45, 7) is 14.5. The molecule has 0 aromatic carbocycles. The van der Waals surface area contributed by atoms with Crippen LogP contribution in [-0.4, -0.2) is 25.7 Å². The molecule has 0 N–H and O–H groups in total. The molecule has 0 aliphatic rings. The van der Waals surface area contributed by atoms with E-state index in [0.29, 0.717) is 17.8 Å². The molecular formula is C16H24O4. The number of esters is 2. The first kappa shape index (κ1) is 20.2. The average molecular weight is 280 g/mol. The normalized spacial score (nSPS) is 9.15. The van der Waals surface area contributed by atoms with Crippen molar-refractivity contribution < 1.29 is 19.1 Å². The van der Waals surface area contributed by atoms with Gasteiger partial charge in [0, 0.05) is 5.57 Å². The third-order valence-corrected chi connectivity index (χ3v) is 1.96. The van der Waals surface area contributed by atoms with Crippen LogP contribution in [0.2, 0.25) is 0 Å². The number of hydrogen-bond acceptors (Lipinski definition) is 4. The highest BCUT2D eigenvalue weighted by molar-refractivity contribution is 5.90. The molecule has 0 saturated heterocycles. The zero-order valence-corrected chi connectivity index (χ0v) is 12.6. The lowest BCUT2D eigenvalue weighted by atomic mass is 10.3. The summed E-state index contributed by atoms with van der Waals surface area (Å²) < 4.78 is 9.19. The first-order valence-electron chi connectivity index (χ1n) is 6.29. The number of ether oxygens (including phenoxy) is 2. The molecule has 20 heavy (non-hydrogen) atoms. The molecule has 0 saturated carbocycles. The van der Waals surface area contributed by atoms with Crippen LogP contribution in [0.25, 0.3) is 0 Å². The van der Waals surface area contributed by atoms with Gasteiger partial charge >= 0.3 is 11.9 Å². The number of unbranched alkanes of at least 4 members (excludes halogenated alkanes) is 1. The Hall–Kier alpha value is -2.10. The third-order valence-electron chi connectivity index (χ3n) is 1.96. The van der Waals surface area contributed by atoms with Crippen LogP contribution in [0.4, 0.5) is 0 Å². The van der Waals surface area contributed by atoms with Crippen molar-refractivity contribution in [3.05, 3.63) is 49.1 Å². The quantitative estimate of drug-likeness (QED) is 0.310. The number of allylic oxidation sites excluding steroid dienone is 2. The third kappa shape index (κ3) is 12.4. The van der Waals surface area contributed by atoms with E-state index in [-0.39, 0.29) is 11.9 Å². The van der Waals surface area contributed by atoms with Gasteiger partial charge in [-0.05, 0) is 19.4 Å². The molecule has 0 bridgehead atoms. The predicted molar refractivity (Wildman–Crippen MR) is 81.2 cm³/mol. The van der Waals surface area contributed by atoms with Gasteiger partial charge in [-0.1, -0.05) is 45.2 Å². The molecule has 0 rings (SSSR count). The van der Waals surface area contributed by atoms with Gasteiger partial charge in [0.1, 0.15) is 0 Å². The smallest absolute Gasteiger partial charge is 0.337 e. The van der Waals surface area contributed by atoms with E-state index in [1.807, 2.05) is 6.92 Å². The summed E-state index contributed by atoms with van der Waals surface area (Å²) in [6, 6.07) is 0. The number of rotatable bonds is 7. The number of carbonyl (C=O) groups excluding carboxylic acids is 2. The van der Waals surface area contributed by atoms with Gasteiger partial charge in [0.05, 0.1) is 19.3 Å². The fourth-order valence-electron chi connectivity index (χ4n) is 0.828. The van der Waals surface area contributed by atoms with Gasteiger partial charge < -0.3 is 9.47 Å². The molecule has 112 valence electrons. The van der Waals surface area contributed by atoms with Gasteiger partial charge in [-0.2, -0.15) is 0 Å². The fourth-order valence-corrected chi connectivity index (χ4v) is 0.828. The minimum Gasteiger partial charge on any atom is -0.466 e. The molecule has 0 amide bonds. The summed E-state index contributed by atoms with van der Waals surface area (Å²) in [5, 5.41) is 0. The maximum absolute atomic E-state index is 11.1. The van der Waals surface area contributed by atoms with Crippen molar-refractivity contribution in [3.8, 4) is 0 Å². The summed E-state index contributed by atoms with van der Waals surface area (Å²) in [5.41, 5.74) is 0.790. The van der Waals surface area contributed by atoms with E-state index < -0.39 is 0 Å². The number of hydrogen-bond donors (Lipinski definition) is 0. The van der Waals surface area contributed by atoms with Crippen LogP contribution in [0.1, 0.15) is 26.7 Å². The number of methoxy groups -OCH3 is 1. The van der Waals surface area contributed by atoms with Crippen molar-refractivity contribution in [2.45, 2.75) is 26.7 Å². The molecule has 4 heteroatoms. The highest BCUT2D eigenvalue weighted by Crippen LogP contribution is 1.98. The van der Waals surface area contributed by atoms with Crippen LogP contribution >= 0.6 is 0 Å². The van der Waals surface area contributed by atoms with Gasteiger partial charge in [-0.15, -0.1) is 0 Å². The predicted octanol–water partition coefficient (Wildman–Crippen LogP) is 3.36. The average Bonchev–Trinajstić information content (AvgIpc) is 2.44. The van der Waals surface area contributed by atoms with Gasteiger partial charge in [0.15, 0.2) is 0 Å². The van der Waals surface area contributed by atoms with E-state index in [9.17, 15) is 9.59 Å². The van der Waals surface area contributed by atoms with E-state index >= 15 is 0 Å². The van der Waals surface area contributed by atoms with Crippen LogP contribution in [0.15, 0.2) is 49.1 Å². The second-order valence-corrected chi connectivity index (χ2v) is 3.88. The van der Waals surface area contributed by atoms with Crippen molar-refractivity contribution in [2.24, 2.45) is 0 Å². The Balaban J connectivity index is 0. The molecule has 0 unspecified atom stereocenters. The number of carbonyl (C=O) groups is 2. The molecule has 0 aromatic heterocycles. The Kier molecular flexibility index (Phi) is 13.5. The lowest BCUT2D eigenvalue weighted by Crippen LogP contribution is -2.06. The van der Waals surface area contributed by atoms with E-state index in [2.05, 4.69) is 24.5 Å². The molecule has 0 aliphatic carbocycles. The van der Waals surface area contributed by atoms with Crippen LogP contribution in [0.3, 0.4) is 0 Å². The summed E-state index contributed by atoms with van der Waals surface area (Å²) in [7, 11) is 1.33. The Morgan fingerprint density at radius 3 is 2.15 bits per heavy atom. The molecule has 0 atom stereocenters. The van der Waals surface area contributed by atoms with Crippen molar-refractivity contribution >= 4 is 11.9 Å². The molecule has 0 spiro atoms. The maximum atomic E-state index is 11.1. The zero-order chi connectivity index (χ0) is 16.0. The van der Waals surface area contributed by atoms with E-state index in [4.69, 9.17) is 4.74 Å². The molecule has 4 nitrogen and oxygen atoms in total. The van der Waals surface area contributed by atoms with Crippen molar-refractivity contribution in [1.29, 1.82) is 0 Å².